The summed E-state index contributed by atoms with van der Waals surface area (Å²) in [5.41, 5.74) is -0.406. The largest absolute Gasteiger partial charge is 0.444 e. The van der Waals surface area contributed by atoms with Crippen LogP contribution < -0.4 is 5.32 Å². The van der Waals surface area contributed by atoms with Crippen LogP contribution in [-0.2, 0) is 4.74 Å². The van der Waals surface area contributed by atoms with Crippen molar-refractivity contribution in [3.05, 3.63) is 12.2 Å². The molecule has 1 amide bonds. The van der Waals surface area contributed by atoms with Crippen LogP contribution in [0.25, 0.3) is 0 Å². The molecule has 1 fully saturated rings. The van der Waals surface area contributed by atoms with Gasteiger partial charge in [0.2, 0.25) is 0 Å². The molecule has 0 spiro atoms. The summed E-state index contributed by atoms with van der Waals surface area (Å²) < 4.78 is 5.35. The maximum Gasteiger partial charge on any atom is 0.410 e. The Kier molecular flexibility index (Phi) is 5.00. The molecule has 4 nitrogen and oxygen atoms in total. The number of rotatable bonds is 3. The Morgan fingerprint density at radius 2 is 2.24 bits per heavy atom. The smallest absolute Gasteiger partial charge is 0.410 e. The summed E-state index contributed by atoms with van der Waals surface area (Å²) in [6.45, 7) is 8.13. The molecule has 1 aliphatic heterocycles. The predicted molar refractivity (Wildman–Crippen MR) is 69.0 cm³/mol. The first kappa shape index (κ1) is 14.0. The number of nitrogens with zero attached hydrogens (tertiary/aromatic N) is 1. The summed E-state index contributed by atoms with van der Waals surface area (Å²) in [6.07, 6.45) is 5.13. The van der Waals surface area contributed by atoms with Gasteiger partial charge in [0.1, 0.15) is 5.60 Å². The highest BCUT2D eigenvalue weighted by atomic mass is 16.6. The Balaban J connectivity index is 2.37. The third kappa shape index (κ3) is 5.22. The van der Waals surface area contributed by atoms with Crippen molar-refractivity contribution in [3.63, 3.8) is 0 Å². The molecule has 1 rings (SSSR count). The fraction of sp³-hybridized carbons (Fsp3) is 0.769. The molecule has 17 heavy (non-hydrogen) atoms. The van der Waals surface area contributed by atoms with Crippen LogP contribution in [0.2, 0.25) is 0 Å². The zero-order valence-corrected chi connectivity index (χ0v) is 11.3. The maximum atomic E-state index is 11.8. The van der Waals surface area contributed by atoms with Crippen LogP contribution in [0.4, 0.5) is 4.79 Å². The molecule has 1 aliphatic rings. The van der Waals surface area contributed by atoms with E-state index < -0.39 is 5.60 Å². The minimum atomic E-state index is -0.406. The van der Waals surface area contributed by atoms with E-state index in [2.05, 4.69) is 17.5 Å². The van der Waals surface area contributed by atoms with Crippen LogP contribution in [0, 0.1) is 5.92 Å². The molecule has 1 heterocycles. The molecular weight excluding hydrogens is 216 g/mol. The third-order valence-corrected chi connectivity index (χ3v) is 2.61. The fourth-order valence-electron chi connectivity index (χ4n) is 1.82. The molecule has 1 atom stereocenters. The lowest BCUT2D eigenvalue weighted by Gasteiger charge is -2.24. The number of carbonyl (C=O) groups is 1. The number of hydrogen-bond donors (Lipinski definition) is 1. The van der Waals surface area contributed by atoms with E-state index in [1.165, 1.54) is 0 Å². The van der Waals surface area contributed by atoms with Crippen molar-refractivity contribution in [1.29, 1.82) is 0 Å². The minimum Gasteiger partial charge on any atom is -0.444 e. The summed E-state index contributed by atoms with van der Waals surface area (Å²) in [4.78, 5) is 13.6. The highest BCUT2D eigenvalue weighted by Crippen LogP contribution is 2.20. The van der Waals surface area contributed by atoms with Crippen LogP contribution in [-0.4, -0.2) is 43.3 Å². The quantitative estimate of drug-likeness (QED) is 0.767. The lowest BCUT2D eigenvalue weighted by atomic mass is 10.1. The maximum absolute atomic E-state index is 11.8. The molecule has 0 aromatic rings. The molecule has 4 heteroatoms. The van der Waals surface area contributed by atoms with E-state index in [1.54, 1.807) is 4.90 Å². The minimum absolute atomic E-state index is 0.193. The van der Waals surface area contributed by atoms with E-state index in [1.807, 2.05) is 27.8 Å². The zero-order chi connectivity index (χ0) is 12.9. The van der Waals surface area contributed by atoms with Gasteiger partial charge in [-0.05, 0) is 40.2 Å². The van der Waals surface area contributed by atoms with Gasteiger partial charge in [-0.25, -0.2) is 4.79 Å². The van der Waals surface area contributed by atoms with Gasteiger partial charge in [-0.3, -0.25) is 0 Å². The fourth-order valence-corrected chi connectivity index (χ4v) is 1.82. The van der Waals surface area contributed by atoms with Gasteiger partial charge in [-0.2, -0.15) is 0 Å². The SMILES string of the molecule is CNC/C=C/C1CCN(C(=O)OC(C)(C)C)C1. The number of nitrogens with one attached hydrogen (secondary N) is 1. The average molecular weight is 240 g/mol. The lowest BCUT2D eigenvalue weighted by Crippen LogP contribution is -2.35. The Morgan fingerprint density at radius 1 is 1.53 bits per heavy atom. The van der Waals surface area contributed by atoms with Crippen molar-refractivity contribution in [1.82, 2.24) is 10.2 Å². The normalized spacial score (nSPS) is 21.2. The first-order valence-electron chi connectivity index (χ1n) is 6.21. The molecule has 1 saturated heterocycles. The highest BCUT2D eigenvalue weighted by molar-refractivity contribution is 5.68. The van der Waals surface area contributed by atoms with Gasteiger partial charge in [0.15, 0.2) is 0 Å². The van der Waals surface area contributed by atoms with Crippen molar-refractivity contribution < 1.29 is 9.53 Å². The summed E-state index contributed by atoms with van der Waals surface area (Å²) in [7, 11) is 1.92. The summed E-state index contributed by atoms with van der Waals surface area (Å²) in [5.74, 6) is 0.468. The van der Waals surface area contributed by atoms with Crippen LogP contribution in [0.1, 0.15) is 27.2 Å². The van der Waals surface area contributed by atoms with Crippen LogP contribution in [0.15, 0.2) is 12.2 Å². The Hall–Kier alpha value is -1.03. The van der Waals surface area contributed by atoms with Gasteiger partial charge in [-0.1, -0.05) is 12.2 Å². The standard InChI is InChI=1S/C13H24N2O2/c1-13(2,3)17-12(16)15-9-7-11(10-15)6-5-8-14-4/h5-6,11,14H,7-10H2,1-4H3/b6-5+. The lowest BCUT2D eigenvalue weighted by molar-refractivity contribution is 0.0291. The van der Waals surface area contributed by atoms with Crippen LogP contribution in [0.5, 0.6) is 0 Å². The van der Waals surface area contributed by atoms with Crippen LogP contribution in [0.3, 0.4) is 0 Å². The Bertz CT molecular complexity index is 282. The molecular formula is C13H24N2O2. The number of likely N-dealkylation sites (N-methyl/N-ethyl adjacent to an activating group) is 1. The van der Waals surface area contributed by atoms with Crippen molar-refractivity contribution in [2.24, 2.45) is 5.92 Å². The zero-order valence-electron chi connectivity index (χ0n) is 11.3. The Labute approximate surface area is 104 Å². The molecule has 0 aliphatic carbocycles. The summed E-state index contributed by atoms with van der Waals surface area (Å²) in [5, 5.41) is 3.06. The summed E-state index contributed by atoms with van der Waals surface area (Å²) >= 11 is 0. The van der Waals surface area contributed by atoms with Crippen molar-refractivity contribution in [2.75, 3.05) is 26.7 Å². The predicted octanol–water partition coefficient (Wildman–Crippen LogP) is 2.02. The van der Waals surface area contributed by atoms with Crippen molar-refractivity contribution in [3.8, 4) is 0 Å². The number of amides is 1. The number of carbonyl (C=O) groups excluding carboxylic acids is 1. The van der Waals surface area contributed by atoms with Gasteiger partial charge in [-0.15, -0.1) is 0 Å². The van der Waals surface area contributed by atoms with Crippen molar-refractivity contribution >= 4 is 6.09 Å². The van der Waals surface area contributed by atoms with E-state index in [4.69, 9.17) is 4.74 Å². The van der Waals surface area contributed by atoms with Gasteiger partial charge in [0, 0.05) is 19.6 Å². The number of ether oxygens (including phenoxy) is 1. The molecule has 0 saturated carbocycles. The van der Waals surface area contributed by atoms with E-state index >= 15 is 0 Å². The molecule has 1 unspecified atom stereocenters. The van der Waals surface area contributed by atoms with E-state index in [0.717, 1.165) is 26.1 Å². The topological polar surface area (TPSA) is 41.6 Å². The first-order chi connectivity index (χ1) is 7.92. The van der Waals surface area contributed by atoms with Crippen LogP contribution >= 0.6 is 0 Å². The second kappa shape index (κ2) is 6.05. The molecule has 98 valence electrons. The van der Waals surface area contributed by atoms with E-state index in [-0.39, 0.29) is 6.09 Å². The average Bonchev–Trinajstić information content (AvgIpc) is 2.64. The van der Waals surface area contributed by atoms with Gasteiger partial charge in [0.25, 0.3) is 0 Å². The van der Waals surface area contributed by atoms with Gasteiger partial charge < -0.3 is 15.0 Å². The number of hydrogen-bond acceptors (Lipinski definition) is 3. The second-order valence-electron chi connectivity index (χ2n) is 5.46. The van der Waals surface area contributed by atoms with Gasteiger partial charge in [0.05, 0.1) is 0 Å². The molecule has 0 radical (unpaired) electrons. The Morgan fingerprint density at radius 3 is 2.82 bits per heavy atom. The molecule has 0 bridgehead atoms. The monoisotopic (exact) mass is 240 g/mol. The van der Waals surface area contributed by atoms with Crippen molar-refractivity contribution in [2.45, 2.75) is 32.8 Å². The van der Waals surface area contributed by atoms with Gasteiger partial charge >= 0.3 is 6.09 Å². The molecule has 1 N–H and O–H groups in total. The summed E-state index contributed by atoms with van der Waals surface area (Å²) in [6, 6.07) is 0. The molecule has 0 aromatic heterocycles. The van der Waals surface area contributed by atoms with E-state index in [0.29, 0.717) is 5.92 Å². The third-order valence-electron chi connectivity index (χ3n) is 2.61. The number of likely N-dealkylation sites (tertiary alicyclic amines) is 1. The second-order valence-corrected chi connectivity index (χ2v) is 5.46. The van der Waals surface area contributed by atoms with E-state index in [9.17, 15) is 4.79 Å². The molecule has 0 aromatic carbocycles. The first-order valence-corrected chi connectivity index (χ1v) is 6.21. The highest BCUT2D eigenvalue weighted by Gasteiger charge is 2.28.